The van der Waals surface area contributed by atoms with Crippen molar-refractivity contribution in [3.8, 4) is 5.75 Å². The summed E-state index contributed by atoms with van der Waals surface area (Å²) in [7, 11) is 0. The van der Waals surface area contributed by atoms with E-state index < -0.39 is 17.7 Å². The van der Waals surface area contributed by atoms with Gasteiger partial charge in [0.05, 0.1) is 22.2 Å². The maximum Gasteiger partial charge on any atom is 0.301 e. The van der Waals surface area contributed by atoms with Crippen molar-refractivity contribution >= 4 is 39.7 Å². The van der Waals surface area contributed by atoms with Crippen LogP contribution in [0.4, 0.5) is 5.13 Å². The Morgan fingerprint density at radius 2 is 1.85 bits per heavy atom. The first kappa shape index (κ1) is 26.0. The Morgan fingerprint density at radius 3 is 2.49 bits per heavy atom. The molecule has 0 saturated carbocycles. The molecule has 0 radical (unpaired) electrons. The van der Waals surface area contributed by atoms with Crippen molar-refractivity contribution < 1.29 is 24.2 Å². The highest BCUT2D eigenvalue weighted by atomic mass is 32.1. The van der Waals surface area contributed by atoms with Crippen LogP contribution in [0.25, 0.3) is 5.76 Å². The van der Waals surface area contributed by atoms with E-state index in [1.54, 1.807) is 49.5 Å². The number of pyridine rings is 1. The topological polar surface area (TPSA) is 110 Å². The van der Waals surface area contributed by atoms with Crippen molar-refractivity contribution in [3.63, 3.8) is 0 Å². The molecule has 196 valence electrons. The van der Waals surface area contributed by atoms with Crippen LogP contribution >= 0.6 is 11.3 Å². The van der Waals surface area contributed by atoms with Gasteiger partial charge in [0.25, 0.3) is 5.78 Å². The first-order valence-electron chi connectivity index (χ1n) is 12.2. The molecule has 1 saturated heterocycles. The number of amides is 1. The van der Waals surface area contributed by atoms with Crippen molar-refractivity contribution in [2.75, 3.05) is 4.90 Å². The summed E-state index contributed by atoms with van der Waals surface area (Å²) in [6.07, 6.45) is 3.11. The third-order valence-electron chi connectivity index (χ3n) is 6.37. The van der Waals surface area contributed by atoms with Gasteiger partial charge in [-0.25, -0.2) is 4.98 Å². The van der Waals surface area contributed by atoms with Crippen LogP contribution in [0.1, 0.15) is 50.6 Å². The zero-order valence-corrected chi connectivity index (χ0v) is 22.4. The van der Waals surface area contributed by atoms with Gasteiger partial charge in [0, 0.05) is 24.9 Å². The van der Waals surface area contributed by atoms with Gasteiger partial charge in [-0.05, 0) is 55.3 Å². The van der Waals surface area contributed by atoms with E-state index in [1.807, 2.05) is 31.2 Å². The molecule has 3 heterocycles. The largest absolute Gasteiger partial charge is 0.507 e. The number of ketones is 2. The Kier molecular flexibility index (Phi) is 7.08. The van der Waals surface area contributed by atoms with Gasteiger partial charge >= 0.3 is 5.91 Å². The van der Waals surface area contributed by atoms with Gasteiger partial charge in [-0.2, -0.15) is 0 Å². The smallest absolute Gasteiger partial charge is 0.301 e. The van der Waals surface area contributed by atoms with Crippen LogP contribution in [-0.4, -0.2) is 32.5 Å². The highest BCUT2D eigenvalue weighted by molar-refractivity contribution is 7.18. The van der Waals surface area contributed by atoms with Crippen molar-refractivity contribution in [2.24, 2.45) is 0 Å². The number of benzene rings is 2. The number of carbonyl (C=O) groups is 3. The van der Waals surface area contributed by atoms with E-state index in [-0.39, 0.29) is 22.2 Å². The average molecular weight is 540 g/mol. The Hall–Kier alpha value is -4.63. The van der Waals surface area contributed by atoms with Gasteiger partial charge in [0.1, 0.15) is 18.1 Å². The molecule has 1 aliphatic heterocycles. The second kappa shape index (κ2) is 10.6. The van der Waals surface area contributed by atoms with Crippen LogP contribution in [0.2, 0.25) is 0 Å². The molecule has 1 fully saturated rings. The molecule has 0 bridgehead atoms. The highest BCUT2D eigenvalue weighted by Crippen LogP contribution is 2.43. The quantitative estimate of drug-likeness (QED) is 0.142. The Labute approximate surface area is 229 Å². The van der Waals surface area contributed by atoms with E-state index in [0.717, 1.165) is 22.5 Å². The predicted octanol–water partition coefficient (Wildman–Crippen LogP) is 5.56. The number of ether oxygens (including phenoxy) is 1. The molecular formula is C30H25N3O5S. The zero-order chi connectivity index (χ0) is 27.7. The van der Waals surface area contributed by atoms with Gasteiger partial charge in [0.15, 0.2) is 10.9 Å². The highest BCUT2D eigenvalue weighted by Gasteiger charge is 2.48. The molecule has 0 unspecified atom stereocenters. The number of nitrogens with zero attached hydrogens (tertiary/aromatic N) is 3. The first-order chi connectivity index (χ1) is 18.7. The monoisotopic (exact) mass is 539 g/mol. The van der Waals surface area contributed by atoms with E-state index in [9.17, 15) is 19.5 Å². The molecule has 0 spiro atoms. The SMILES string of the molecule is CC(=O)c1sc(N2C(=O)C(=O)C(=C(O)c3ccc(OCc4cccc(C)c4)cc3)[C@H]2c2cccnc2)nc1C. The van der Waals surface area contributed by atoms with Crippen LogP contribution in [0.15, 0.2) is 78.6 Å². The fourth-order valence-electron chi connectivity index (χ4n) is 4.53. The molecule has 8 nitrogen and oxygen atoms in total. The molecule has 39 heavy (non-hydrogen) atoms. The fraction of sp³-hybridized carbons (Fsp3) is 0.167. The lowest BCUT2D eigenvalue weighted by molar-refractivity contribution is -0.132. The number of thiazole rings is 1. The summed E-state index contributed by atoms with van der Waals surface area (Å²) >= 11 is 1.04. The fourth-order valence-corrected chi connectivity index (χ4v) is 5.52. The van der Waals surface area contributed by atoms with E-state index in [0.29, 0.717) is 34.1 Å². The molecule has 2 aromatic heterocycles. The van der Waals surface area contributed by atoms with E-state index in [4.69, 9.17) is 4.74 Å². The van der Waals surface area contributed by atoms with E-state index >= 15 is 0 Å². The number of aliphatic hydroxyl groups excluding tert-OH is 1. The zero-order valence-electron chi connectivity index (χ0n) is 21.5. The van der Waals surface area contributed by atoms with Crippen molar-refractivity contribution in [3.05, 3.63) is 111 Å². The Morgan fingerprint density at radius 1 is 1.08 bits per heavy atom. The molecule has 1 N–H and O–H groups in total. The van der Waals surface area contributed by atoms with Crippen LogP contribution in [0.5, 0.6) is 5.75 Å². The molecule has 1 aliphatic rings. The number of carbonyl (C=O) groups excluding carboxylic acids is 3. The maximum absolute atomic E-state index is 13.3. The molecule has 9 heteroatoms. The Balaban J connectivity index is 1.51. The molecule has 5 rings (SSSR count). The number of aryl methyl sites for hydroxylation is 2. The summed E-state index contributed by atoms with van der Waals surface area (Å²) in [4.78, 5) is 48.9. The number of anilines is 1. The minimum absolute atomic E-state index is 0.0846. The van der Waals surface area contributed by atoms with Crippen molar-refractivity contribution in [1.29, 1.82) is 0 Å². The van der Waals surface area contributed by atoms with Gasteiger partial charge in [-0.1, -0.05) is 47.2 Å². The summed E-state index contributed by atoms with van der Waals surface area (Å²) in [6.45, 7) is 5.50. The normalized spacial score (nSPS) is 16.5. The Bertz CT molecular complexity index is 1610. The van der Waals surface area contributed by atoms with E-state index in [1.165, 1.54) is 18.0 Å². The average Bonchev–Trinajstić information content (AvgIpc) is 3.44. The van der Waals surface area contributed by atoms with Gasteiger partial charge in [0.2, 0.25) is 0 Å². The van der Waals surface area contributed by atoms with Gasteiger partial charge < -0.3 is 9.84 Å². The molecular weight excluding hydrogens is 514 g/mol. The summed E-state index contributed by atoms with van der Waals surface area (Å²) in [6, 6.07) is 17.1. The molecule has 1 atom stereocenters. The second-order valence-electron chi connectivity index (χ2n) is 9.22. The minimum Gasteiger partial charge on any atom is -0.507 e. The van der Waals surface area contributed by atoms with Gasteiger partial charge in [-0.3, -0.25) is 24.3 Å². The van der Waals surface area contributed by atoms with Crippen molar-refractivity contribution in [1.82, 2.24) is 9.97 Å². The number of hydrogen-bond donors (Lipinski definition) is 1. The number of Topliss-reactive ketones (excluding diaryl/α,β-unsaturated/α-hetero) is 2. The number of hydrogen-bond acceptors (Lipinski definition) is 8. The number of aliphatic hydroxyl groups is 1. The molecule has 4 aromatic rings. The van der Waals surface area contributed by atoms with Crippen molar-refractivity contribution in [2.45, 2.75) is 33.4 Å². The lowest BCUT2D eigenvalue weighted by atomic mass is 9.96. The minimum atomic E-state index is -0.971. The van der Waals surface area contributed by atoms with Crippen LogP contribution in [-0.2, 0) is 16.2 Å². The number of aromatic nitrogens is 2. The number of rotatable bonds is 7. The predicted molar refractivity (Wildman–Crippen MR) is 148 cm³/mol. The summed E-state index contributed by atoms with van der Waals surface area (Å²) < 4.78 is 5.87. The molecule has 0 aliphatic carbocycles. The summed E-state index contributed by atoms with van der Waals surface area (Å²) in [5, 5.41) is 11.5. The summed E-state index contributed by atoms with van der Waals surface area (Å²) in [5.74, 6) is -1.61. The van der Waals surface area contributed by atoms with Crippen LogP contribution in [0.3, 0.4) is 0 Å². The van der Waals surface area contributed by atoms with E-state index in [2.05, 4.69) is 9.97 Å². The summed E-state index contributed by atoms with van der Waals surface area (Å²) in [5.41, 5.74) is 3.43. The maximum atomic E-state index is 13.3. The van der Waals surface area contributed by atoms with Crippen LogP contribution in [0, 0.1) is 13.8 Å². The molecule has 1 amide bonds. The second-order valence-corrected chi connectivity index (χ2v) is 10.2. The first-order valence-corrected chi connectivity index (χ1v) is 13.0. The lowest BCUT2D eigenvalue weighted by Crippen LogP contribution is -2.29. The standard InChI is InChI=1S/C30H25N3O5S/c1-17-6-4-7-20(14-17)16-38-23-11-9-21(10-12-23)26(35)24-25(22-8-5-13-31-15-22)33(29(37)27(24)36)30-32-18(2)28(39-30)19(3)34/h4-15,25,35H,16H2,1-3H3/t25-/m1/s1. The third kappa shape index (κ3) is 5.08. The third-order valence-corrected chi connectivity index (χ3v) is 7.63. The van der Waals surface area contributed by atoms with Gasteiger partial charge in [-0.15, -0.1) is 0 Å². The molecule has 2 aromatic carbocycles. The lowest BCUT2D eigenvalue weighted by Gasteiger charge is -2.22. The van der Waals surface area contributed by atoms with Crippen LogP contribution < -0.4 is 9.64 Å².